The molecule has 86 valence electrons. The van der Waals surface area contributed by atoms with Gasteiger partial charge in [-0.1, -0.05) is 30.3 Å². The van der Waals surface area contributed by atoms with E-state index in [0.29, 0.717) is 5.56 Å². The summed E-state index contributed by atoms with van der Waals surface area (Å²) in [6.07, 6.45) is -1.20. The second kappa shape index (κ2) is 5.87. The summed E-state index contributed by atoms with van der Waals surface area (Å²) in [4.78, 5) is 22.1. The molecule has 0 fully saturated rings. The first-order chi connectivity index (χ1) is 8.06. The number of carbonyl (C=O) groups is 2. The number of amides is 1. The van der Waals surface area contributed by atoms with E-state index >= 15 is 0 Å². The molecule has 1 aromatic rings. The summed E-state index contributed by atoms with van der Waals surface area (Å²) >= 11 is 0. The van der Waals surface area contributed by atoms with Gasteiger partial charge in [-0.15, -0.1) is 0 Å². The number of aliphatic hydroxyl groups excluding tert-OH is 1. The van der Waals surface area contributed by atoms with Crippen molar-refractivity contribution in [2.75, 3.05) is 6.61 Å². The number of rotatable bonds is 5. The average Bonchev–Trinajstić information content (AvgIpc) is 2.35. The van der Waals surface area contributed by atoms with Gasteiger partial charge in [-0.05, 0) is 5.56 Å². The topological polar surface area (TPSA) is 86.6 Å². The summed E-state index contributed by atoms with van der Waals surface area (Å²) in [5.74, 6) is -2.08. The van der Waals surface area contributed by atoms with Crippen molar-refractivity contribution in [2.45, 2.75) is 12.4 Å². The van der Waals surface area contributed by atoms with Crippen LogP contribution in [0.1, 0.15) is 6.93 Å². The Morgan fingerprint density at radius 3 is 2.50 bits per heavy atom. The molecule has 0 bridgehead atoms. The summed E-state index contributed by atoms with van der Waals surface area (Å²) in [7, 11) is 0. The molecule has 0 aliphatic carbocycles. The molecule has 0 saturated carbocycles. The third-order valence-electron chi connectivity index (χ3n) is 1.89. The first-order valence-electron chi connectivity index (χ1n) is 5.25. The van der Waals surface area contributed by atoms with E-state index < -0.39 is 30.9 Å². The standard InChI is InChI=1S/C11H13NO4/c13-7-9(11(15)16)12-10(14)6-8-4-2-1-3-5-8/h1-5,9,13H,6-7H2,(H,12,14)(H,15,16)/t9-/m0/s1/i6D/t6?,9-. The Balaban J connectivity index is 2.68. The predicted molar refractivity (Wildman–Crippen MR) is 56.8 cm³/mol. The Bertz CT molecular complexity index is 396. The average molecular weight is 224 g/mol. The van der Waals surface area contributed by atoms with Crippen molar-refractivity contribution in [2.24, 2.45) is 0 Å². The Labute approximate surface area is 94.1 Å². The van der Waals surface area contributed by atoms with E-state index in [1.54, 1.807) is 30.3 Å². The van der Waals surface area contributed by atoms with Gasteiger partial charge in [0.1, 0.15) is 6.04 Å². The fourth-order valence-corrected chi connectivity index (χ4v) is 1.10. The van der Waals surface area contributed by atoms with E-state index in [4.69, 9.17) is 11.6 Å². The largest absolute Gasteiger partial charge is 0.480 e. The molecule has 0 aliphatic heterocycles. The first-order valence-corrected chi connectivity index (χ1v) is 4.67. The fraction of sp³-hybridized carbons (Fsp3) is 0.273. The van der Waals surface area contributed by atoms with Crippen LogP contribution in [0.15, 0.2) is 30.3 Å². The summed E-state index contributed by atoms with van der Waals surface area (Å²) in [5.41, 5.74) is 0.465. The summed E-state index contributed by atoms with van der Waals surface area (Å²) in [6, 6.07) is 6.95. The van der Waals surface area contributed by atoms with Gasteiger partial charge in [0.05, 0.1) is 13.0 Å². The Kier molecular flexibility index (Phi) is 3.90. The minimum Gasteiger partial charge on any atom is -0.480 e. The fourth-order valence-electron chi connectivity index (χ4n) is 1.10. The molecule has 1 rings (SSSR count). The maximum absolute atomic E-state index is 11.5. The lowest BCUT2D eigenvalue weighted by atomic mass is 10.1. The maximum Gasteiger partial charge on any atom is 0.328 e. The van der Waals surface area contributed by atoms with Gasteiger partial charge in [-0.25, -0.2) is 4.79 Å². The van der Waals surface area contributed by atoms with Gasteiger partial charge >= 0.3 is 5.97 Å². The zero-order valence-electron chi connectivity index (χ0n) is 9.46. The van der Waals surface area contributed by atoms with Crippen LogP contribution in [0, 0.1) is 0 Å². The number of aliphatic hydroxyl groups is 1. The van der Waals surface area contributed by atoms with Gasteiger partial charge in [0, 0.05) is 1.37 Å². The monoisotopic (exact) mass is 224 g/mol. The van der Waals surface area contributed by atoms with Crippen molar-refractivity contribution in [1.29, 1.82) is 0 Å². The minimum absolute atomic E-state index is 0.465. The summed E-state index contributed by atoms with van der Waals surface area (Å²) < 4.78 is 7.64. The molecule has 0 radical (unpaired) electrons. The number of benzene rings is 1. The highest BCUT2D eigenvalue weighted by molar-refractivity contribution is 5.84. The number of aliphatic carboxylic acids is 1. The normalized spacial score (nSPS) is 14.7. The third-order valence-corrected chi connectivity index (χ3v) is 1.89. The quantitative estimate of drug-likeness (QED) is 0.646. The number of hydrogen-bond donors (Lipinski definition) is 3. The number of carbonyl (C=O) groups excluding carboxylic acids is 1. The van der Waals surface area contributed by atoms with Crippen LogP contribution in [0.2, 0.25) is 0 Å². The van der Waals surface area contributed by atoms with Crippen molar-refractivity contribution < 1.29 is 21.2 Å². The minimum atomic E-state index is -1.38. The molecule has 3 N–H and O–H groups in total. The van der Waals surface area contributed by atoms with Gasteiger partial charge in [0.2, 0.25) is 5.91 Å². The molecular weight excluding hydrogens is 210 g/mol. The predicted octanol–water partition coefficient (Wildman–Crippen LogP) is -0.209. The van der Waals surface area contributed by atoms with Crippen molar-refractivity contribution >= 4 is 11.9 Å². The second-order valence-corrected chi connectivity index (χ2v) is 3.14. The van der Waals surface area contributed by atoms with E-state index in [1.165, 1.54) is 0 Å². The van der Waals surface area contributed by atoms with Crippen molar-refractivity contribution in [1.82, 2.24) is 5.32 Å². The number of carboxylic acids is 1. The lowest BCUT2D eigenvalue weighted by Gasteiger charge is -2.11. The molecule has 2 atom stereocenters. The molecule has 0 aromatic heterocycles. The highest BCUT2D eigenvalue weighted by atomic mass is 16.4. The SMILES string of the molecule is [2H]C(C(=O)N[C@@H](CO)C(=O)O)c1ccccc1. The second-order valence-electron chi connectivity index (χ2n) is 3.14. The van der Waals surface area contributed by atoms with Crippen LogP contribution in [0.5, 0.6) is 0 Å². The van der Waals surface area contributed by atoms with E-state index in [0.717, 1.165) is 0 Å². The van der Waals surface area contributed by atoms with Crippen LogP contribution < -0.4 is 5.32 Å². The molecule has 0 aliphatic rings. The zero-order chi connectivity index (χ0) is 12.8. The van der Waals surface area contributed by atoms with Gasteiger partial charge in [0.15, 0.2) is 0 Å². The Morgan fingerprint density at radius 1 is 1.38 bits per heavy atom. The summed E-state index contributed by atoms with van der Waals surface area (Å²) in [5, 5.41) is 19.5. The van der Waals surface area contributed by atoms with Crippen LogP contribution in [0.3, 0.4) is 0 Å². The van der Waals surface area contributed by atoms with Crippen LogP contribution in [0.4, 0.5) is 0 Å². The molecule has 1 aromatic carbocycles. The van der Waals surface area contributed by atoms with Crippen LogP contribution in [0.25, 0.3) is 0 Å². The first kappa shape index (κ1) is 10.6. The molecule has 0 saturated heterocycles. The highest BCUT2D eigenvalue weighted by Gasteiger charge is 2.18. The van der Waals surface area contributed by atoms with Crippen LogP contribution in [-0.2, 0) is 16.0 Å². The van der Waals surface area contributed by atoms with E-state index in [1.807, 2.05) is 0 Å². The maximum atomic E-state index is 11.5. The highest BCUT2D eigenvalue weighted by Crippen LogP contribution is 1.99. The molecule has 16 heavy (non-hydrogen) atoms. The molecule has 5 nitrogen and oxygen atoms in total. The lowest BCUT2D eigenvalue weighted by molar-refractivity contribution is -0.142. The number of nitrogens with one attached hydrogen (secondary N) is 1. The Hall–Kier alpha value is -1.88. The van der Waals surface area contributed by atoms with Gasteiger partial charge in [-0.2, -0.15) is 0 Å². The third kappa shape index (κ3) is 3.70. The number of hydrogen-bond acceptors (Lipinski definition) is 3. The molecular formula is C11H13NO4. The molecule has 0 heterocycles. The lowest BCUT2D eigenvalue weighted by Crippen LogP contribution is -2.43. The van der Waals surface area contributed by atoms with Crippen molar-refractivity contribution in [3.05, 3.63) is 35.9 Å². The molecule has 5 heteroatoms. The van der Waals surface area contributed by atoms with E-state index in [2.05, 4.69) is 5.32 Å². The smallest absolute Gasteiger partial charge is 0.328 e. The summed E-state index contributed by atoms with van der Waals surface area (Å²) in [6.45, 7) is -0.706. The molecule has 0 spiro atoms. The van der Waals surface area contributed by atoms with E-state index in [-0.39, 0.29) is 0 Å². The Morgan fingerprint density at radius 2 is 2.00 bits per heavy atom. The van der Waals surface area contributed by atoms with Crippen molar-refractivity contribution in [3.8, 4) is 0 Å². The van der Waals surface area contributed by atoms with Gasteiger partial charge in [0.25, 0.3) is 0 Å². The van der Waals surface area contributed by atoms with Crippen molar-refractivity contribution in [3.63, 3.8) is 0 Å². The van der Waals surface area contributed by atoms with Gasteiger partial charge in [-0.3, -0.25) is 4.79 Å². The zero-order valence-corrected chi connectivity index (χ0v) is 8.46. The molecule has 1 unspecified atom stereocenters. The number of carboxylic acid groups (broad SMARTS) is 1. The van der Waals surface area contributed by atoms with Gasteiger partial charge < -0.3 is 15.5 Å². The van der Waals surface area contributed by atoms with E-state index in [9.17, 15) is 9.59 Å². The van der Waals surface area contributed by atoms with Crippen LogP contribution >= 0.6 is 0 Å². The van der Waals surface area contributed by atoms with Crippen LogP contribution in [-0.4, -0.2) is 34.7 Å². The molecule has 1 amide bonds.